The first-order valence-corrected chi connectivity index (χ1v) is 10.4. The molecule has 0 atom stereocenters. The molecule has 0 unspecified atom stereocenters. The number of aromatic amines is 1. The van der Waals surface area contributed by atoms with Crippen molar-refractivity contribution in [1.82, 2.24) is 9.88 Å². The van der Waals surface area contributed by atoms with Gasteiger partial charge in [0.1, 0.15) is 5.75 Å². The average Bonchev–Trinajstić information content (AvgIpc) is 3.17. The lowest BCUT2D eigenvalue weighted by atomic mass is 10.0. The largest absolute Gasteiger partial charge is 0.497 e. The van der Waals surface area contributed by atoms with Gasteiger partial charge in [0.25, 0.3) is 5.91 Å². The number of hydrogen-bond acceptors (Lipinski definition) is 3. The van der Waals surface area contributed by atoms with Crippen LogP contribution in [0.3, 0.4) is 0 Å². The summed E-state index contributed by atoms with van der Waals surface area (Å²) in [7, 11) is 1.68. The van der Waals surface area contributed by atoms with Gasteiger partial charge >= 0.3 is 0 Å². The number of ether oxygens (including phenoxy) is 1. The molecule has 1 aliphatic heterocycles. The maximum atomic E-state index is 13.2. The third-order valence-electron chi connectivity index (χ3n) is 6.05. The fourth-order valence-electron chi connectivity index (χ4n) is 3.99. The summed E-state index contributed by atoms with van der Waals surface area (Å²) in [4.78, 5) is 20.9. The van der Waals surface area contributed by atoms with Crippen molar-refractivity contribution in [2.45, 2.75) is 20.8 Å². The van der Waals surface area contributed by atoms with Gasteiger partial charge in [0.2, 0.25) is 0 Å². The fraction of sp³-hybridized carbons (Fsp3) is 0.320. The Hall–Kier alpha value is -3.21. The lowest BCUT2D eigenvalue weighted by molar-refractivity contribution is 0.0746. The van der Waals surface area contributed by atoms with Crippen LogP contribution < -0.4 is 9.64 Å². The van der Waals surface area contributed by atoms with Gasteiger partial charge in [0.05, 0.1) is 12.7 Å². The number of rotatable bonds is 4. The predicted molar refractivity (Wildman–Crippen MR) is 122 cm³/mol. The molecule has 1 N–H and O–H groups in total. The van der Waals surface area contributed by atoms with Gasteiger partial charge in [-0.2, -0.15) is 0 Å². The summed E-state index contributed by atoms with van der Waals surface area (Å²) < 4.78 is 5.33. The molecule has 0 radical (unpaired) electrons. The van der Waals surface area contributed by atoms with E-state index in [0.717, 1.165) is 47.0 Å². The molecule has 5 heteroatoms. The molecule has 1 amide bonds. The minimum absolute atomic E-state index is 0.101. The Labute approximate surface area is 178 Å². The van der Waals surface area contributed by atoms with Crippen LogP contribution in [0, 0.1) is 20.8 Å². The molecule has 4 rings (SSSR count). The predicted octanol–water partition coefficient (Wildman–Crippen LogP) is 4.58. The maximum absolute atomic E-state index is 13.2. The van der Waals surface area contributed by atoms with Crippen molar-refractivity contribution >= 4 is 11.6 Å². The summed E-state index contributed by atoms with van der Waals surface area (Å²) in [5, 5.41) is 0. The van der Waals surface area contributed by atoms with Gasteiger partial charge in [-0.1, -0.05) is 18.2 Å². The number of methoxy groups -OCH3 is 1. The first kappa shape index (κ1) is 20.1. The Morgan fingerprint density at radius 2 is 1.70 bits per heavy atom. The zero-order chi connectivity index (χ0) is 21.3. The van der Waals surface area contributed by atoms with Gasteiger partial charge in [-0.25, -0.2) is 0 Å². The second kappa shape index (κ2) is 8.27. The molecule has 156 valence electrons. The molecule has 3 aromatic rings. The third kappa shape index (κ3) is 3.92. The summed E-state index contributed by atoms with van der Waals surface area (Å²) in [6.45, 7) is 9.24. The van der Waals surface area contributed by atoms with Crippen molar-refractivity contribution in [2.75, 3.05) is 38.2 Å². The lowest BCUT2D eigenvalue weighted by Gasteiger charge is -2.36. The van der Waals surface area contributed by atoms with Crippen LogP contribution >= 0.6 is 0 Å². The van der Waals surface area contributed by atoms with Crippen molar-refractivity contribution in [1.29, 1.82) is 0 Å². The minimum Gasteiger partial charge on any atom is -0.497 e. The summed E-state index contributed by atoms with van der Waals surface area (Å²) in [5.41, 5.74) is 7.45. The summed E-state index contributed by atoms with van der Waals surface area (Å²) >= 11 is 0. The number of aromatic nitrogens is 1. The van der Waals surface area contributed by atoms with Crippen LogP contribution in [0.15, 0.2) is 48.5 Å². The van der Waals surface area contributed by atoms with Gasteiger partial charge in [-0.05, 0) is 61.7 Å². The summed E-state index contributed by atoms with van der Waals surface area (Å²) in [5.74, 6) is 0.956. The molecule has 2 heterocycles. The number of piperazine rings is 1. The first-order chi connectivity index (χ1) is 14.5. The second-order valence-electron chi connectivity index (χ2n) is 8.00. The molecular formula is C25H29N3O2. The highest BCUT2D eigenvalue weighted by atomic mass is 16.5. The van der Waals surface area contributed by atoms with E-state index in [2.05, 4.69) is 48.0 Å². The standard InChI is InChI=1S/C25H29N3O2/c1-17-8-9-20(14-18(17)2)24-16-23(19(3)26-24)25(29)28-12-10-27(11-13-28)21-6-5-7-22(15-21)30-4/h5-9,14-16,26H,10-13H2,1-4H3. The zero-order valence-corrected chi connectivity index (χ0v) is 18.2. The minimum atomic E-state index is 0.101. The highest BCUT2D eigenvalue weighted by Gasteiger charge is 2.25. The van der Waals surface area contributed by atoms with Gasteiger partial charge in [0, 0.05) is 49.3 Å². The normalized spacial score (nSPS) is 14.1. The molecule has 5 nitrogen and oxygen atoms in total. The quantitative estimate of drug-likeness (QED) is 0.694. The number of benzene rings is 2. The van der Waals surface area contributed by atoms with E-state index in [4.69, 9.17) is 4.74 Å². The van der Waals surface area contributed by atoms with E-state index in [1.807, 2.05) is 36.1 Å². The molecule has 1 saturated heterocycles. The van der Waals surface area contributed by atoms with E-state index in [-0.39, 0.29) is 5.91 Å². The maximum Gasteiger partial charge on any atom is 0.255 e. The van der Waals surface area contributed by atoms with Gasteiger partial charge in [-0.15, -0.1) is 0 Å². The van der Waals surface area contributed by atoms with Gasteiger partial charge in [-0.3, -0.25) is 4.79 Å². The molecule has 1 aliphatic rings. The zero-order valence-electron chi connectivity index (χ0n) is 18.2. The molecule has 30 heavy (non-hydrogen) atoms. The van der Waals surface area contributed by atoms with Gasteiger partial charge in [0.15, 0.2) is 0 Å². The number of aryl methyl sites for hydroxylation is 3. The Balaban J connectivity index is 1.46. The number of anilines is 1. The number of carbonyl (C=O) groups excluding carboxylic acids is 1. The van der Waals surface area contributed by atoms with Crippen LogP contribution in [0.25, 0.3) is 11.3 Å². The molecule has 1 fully saturated rings. The Morgan fingerprint density at radius 3 is 2.40 bits per heavy atom. The number of nitrogens with zero attached hydrogens (tertiary/aromatic N) is 2. The van der Waals surface area contributed by atoms with Crippen molar-refractivity contribution in [2.24, 2.45) is 0 Å². The van der Waals surface area contributed by atoms with Crippen molar-refractivity contribution < 1.29 is 9.53 Å². The van der Waals surface area contributed by atoms with E-state index in [1.165, 1.54) is 11.1 Å². The fourth-order valence-corrected chi connectivity index (χ4v) is 3.99. The van der Waals surface area contributed by atoms with Crippen molar-refractivity contribution in [3.05, 3.63) is 70.9 Å². The number of H-pyrrole nitrogens is 1. The van der Waals surface area contributed by atoms with Crippen LogP contribution in [0.2, 0.25) is 0 Å². The van der Waals surface area contributed by atoms with E-state index < -0.39 is 0 Å². The third-order valence-corrected chi connectivity index (χ3v) is 6.05. The molecule has 0 aliphatic carbocycles. The van der Waals surface area contributed by atoms with Crippen molar-refractivity contribution in [3.63, 3.8) is 0 Å². The van der Waals surface area contributed by atoms with E-state index >= 15 is 0 Å². The van der Waals surface area contributed by atoms with E-state index in [9.17, 15) is 4.79 Å². The van der Waals surface area contributed by atoms with Crippen LogP contribution in [0.1, 0.15) is 27.2 Å². The Morgan fingerprint density at radius 1 is 0.933 bits per heavy atom. The molecular weight excluding hydrogens is 374 g/mol. The summed E-state index contributed by atoms with van der Waals surface area (Å²) in [6, 6.07) is 16.5. The Bertz CT molecular complexity index is 1060. The van der Waals surface area contributed by atoms with Gasteiger partial charge < -0.3 is 19.5 Å². The SMILES string of the molecule is COc1cccc(N2CCN(C(=O)c3cc(-c4ccc(C)c(C)c4)[nH]c3C)CC2)c1. The van der Waals surface area contributed by atoms with E-state index in [0.29, 0.717) is 13.1 Å². The topological polar surface area (TPSA) is 48.6 Å². The highest BCUT2D eigenvalue weighted by molar-refractivity contribution is 5.97. The molecule has 0 saturated carbocycles. The smallest absolute Gasteiger partial charge is 0.255 e. The second-order valence-corrected chi connectivity index (χ2v) is 8.00. The molecule has 0 bridgehead atoms. The van der Waals surface area contributed by atoms with Crippen LogP contribution in [-0.2, 0) is 0 Å². The van der Waals surface area contributed by atoms with Crippen LogP contribution in [0.5, 0.6) is 5.75 Å². The summed E-state index contributed by atoms with van der Waals surface area (Å²) in [6.07, 6.45) is 0. The molecule has 2 aromatic carbocycles. The molecule has 0 spiro atoms. The lowest BCUT2D eigenvalue weighted by Crippen LogP contribution is -2.48. The average molecular weight is 404 g/mol. The number of nitrogens with one attached hydrogen (secondary N) is 1. The number of hydrogen-bond donors (Lipinski definition) is 1. The number of amides is 1. The highest BCUT2D eigenvalue weighted by Crippen LogP contribution is 2.26. The Kier molecular flexibility index (Phi) is 5.53. The monoisotopic (exact) mass is 403 g/mol. The van der Waals surface area contributed by atoms with Crippen LogP contribution in [-0.4, -0.2) is 49.1 Å². The number of carbonyl (C=O) groups is 1. The molecule has 1 aromatic heterocycles. The first-order valence-electron chi connectivity index (χ1n) is 10.4. The van der Waals surface area contributed by atoms with Crippen LogP contribution in [0.4, 0.5) is 5.69 Å². The van der Waals surface area contributed by atoms with Crippen molar-refractivity contribution in [3.8, 4) is 17.0 Å². The van der Waals surface area contributed by atoms with E-state index in [1.54, 1.807) is 7.11 Å².